The maximum atomic E-state index is 12.2. The molecule has 3 rings (SSSR count). The summed E-state index contributed by atoms with van der Waals surface area (Å²) in [5, 5.41) is 3.31. The van der Waals surface area contributed by atoms with Crippen LogP contribution in [0.4, 0.5) is 0 Å². The summed E-state index contributed by atoms with van der Waals surface area (Å²) in [5.74, 6) is 0.385. The third-order valence-corrected chi connectivity index (χ3v) is 4.46. The molecule has 0 unspecified atom stereocenters. The van der Waals surface area contributed by atoms with Crippen LogP contribution in [0.1, 0.15) is 60.6 Å². The van der Waals surface area contributed by atoms with Gasteiger partial charge < -0.3 is 10.3 Å². The number of hydrogen-bond acceptors (Lipinski definition) is 3. The van der Waals surface area contributed by atoms with E-state index in [2.05, 4.69) is 24.1 Å². The maximum absolute atomic E-state index is 12.2. The minimum atomic E-state index is -0.154. The van der Waals surface area contributed by atoms with E-state index in [0.717, 1.165) is 37.1 Å². The van der Waals surface area contributed by atoms with Crippen LogP contribution in [0.2, 0.25) is 0 Å². The van der Waals surface area contributed by atoms with Crippen molar-refractivity contribution in [3.05, 3.63) is 33.2 Å². The molecule has 1 aliphatic heterocycles. The van der Waals surface area contributed by atoms with Crippen molar-refractivity contribution in [2.75, 3.05) is 13.1 Å². The minimum Gasteiger partial charge on any atom is -0.319 e. The van der Waals surface area contributed by atoms with Crippen molar-refractivity contribution in [1.82, 2.24) is 10.3 Å². The zero-order chi connectivity index (χ0) is 13.6. The Morgan fingerprint density at radius 2 is 1.89 bits per heavy atom. The third-order valence-electron chi connectivity index (χ3n) is 4.46. The Kier molecular flexibility index (Phi) is 2.86. The molecule has 1 saturated heterocycles. The molecule has 102 valence electrons. The molecule has 1 aromatic rings. The summed E-state index contributed by atoms with van der Waals surface area (Å²) >= 11 is 0. The lowest BCUT2D eigenvalue weighted by Crippen LogP contribution is -2.30. The molecule has 2 N–H and O–H groups in total. The van der Waals surface area contributed by atoms with E-state index in [0.29, 0.717) is 18.0 Å². The first kappa shape index (κ1) is 12.6. The molecule has 0 atom stereocenters. The summed E-state index contributed by atoms with van der Waals surface area (Å²) in [6.07, 6.45) is 2.49. The van der Waals surface area contributed by atoms with Crippen molar-refractivity contribution >= 4 is 5.78 Å². The number of carbonyl (C=O) groups is 1. The van der Waals surface area contributed by atoms with Crippen LogP contribution >= 0.6 is 0 Å². The van der Waals surface area contributed by atoms with Gasteiger partial charge in [0.1, 0.15) is 0 Å². The second-order valence-electron chi connectivity index (χ2n) is 6.35. The first-order valence-corrected chi connectivity index (χ1v) is 7.00. The van der Waals surface area contributed by atoms with Crippen molar-refractivity contribution in [3.8, 4) is 0 Å². The third kappa shape index (κ3) is 2.04. The van der Waals surface area contributed by atoms with Crippen molar-refractivity contribution < 1.29 is 4.79 Å². The van der Waals surface area contributed by atoms with E-state index in [1.54, 1.807) is 0 Å². The molecule has 1 aliphatic carbocycles. The summed E-state index contributed by atoms with van der Waals surface area (Å²) in [6.45, 7) is 6.07. The standard InChI is InChI=1S/C15H20N2O2/c1-15(2)8-12(18)13-11(15)7-10(14(19)17-13)9-3-5-16-6-4-9/h7,9,16H,3-6,8H2,1-2H3,(H,17,19). The Hall–Kier alpha value is -1.42. The van der Waals surface area contributed by atoms with Gasteiger partial charge >= 0.3 is 0 Å². The second kappa shape index (κ2) is 4.30. The topological polar surface area (TPSA) is 62.0 Å². The Labute approximate surface area is 112 Å². The monoisotopic (exact) mass is 260 g/mol. The molecule has 2 aliphatic rings. The molecule has 0 radical (unpaired) electrons. The summed E-state index contributed by atoms with van der Waals surface area (Å²) < 4.78 is 0. The van der Waals surface area contributed by atoms with Gasteiger partial charge in [-0.1, -0.05) is 13.8 Å². The number of Topliss-reactive ketones (excluding diaryl/α,β-unsaturated/α-hetero) is 1. The van der Waals surface area contributed by atoms with Gasteiger partial charge in [-0.05, 0) is 48.9 Å². The maximum Gasteiger partial charge on any atom is 0.251 e. The number of nitrogens with one attached hydrogen (secondary N) is 2. The molecule has 2 heterocycles. The van der Waals surface area contributed by atoms with Gasteiger partial charge in [-0.3, -0.25) is 9.59 Å². The van der Waals surface area contributed by atoms with Crippen LogP contribution in [0.25, 0.3) is 0 Å². The number of piperidine rings is 1. The molecule has 1 aromatic heterocycles. The van der Waals surface area contributed by atoms with Gasteiger partial charge in [-0.15, -0.1) is 0 Å². The lowest BCUT2D eigenvalue weighted by atomic mass is 9.84. The Morgan fingerprint density at radius 3 is 2.58 bits per heavy atom. The molecule has 0 bridgehead atoms. The largest absolute Gasteiger partial charge is 0.319 e. The van der Waals surface area contributed by atoms with Gasteiger partial charge in [0.25, 0.3) is 5.56 Å². The fourth-order valence-corrected chi connectivity index (χ4v) is 3.32. The van der Waals surface area contributed by atoms with E-state index in [1.165, 1.54) is 0 Å². The number of hydrogen-bond donors (Lipinski definition) is 2. The second-order valence-corrected chi connectivity index (χ2v) is 6.35. The highest BCUT2D eigenvalue weighted by Gasteiger charge is 2.37. The lowest BCUT2D eigenvalue weighted by molar-refractivity contribution is 0.0975. The number of rotatable bonds is 1. The fourth-order valence-electron chi connectivity index (χ4n) is 3.32. The Morgan fingerprint density at radius 1 is 1.21 bits per heavy atom. The van der Waals surface area contributed by atoms with Crippen LogP contribution in [-0.2, 0) is 5.41 Å². The molecule has 4 nitrogen and oxygen atoms in total. The number of aromatic amines is 1. The Bertz CT molecular complexity index is 580. The highest BCUT2D eigenvalue weighted by atomic mass is 16.1. The van der Waals surface area contributed by atoms with Gasteiger partial charge in [0.15, 0.2) is 5.78 Å². The molecule has 0 spiro atoms. The number of carbonyl (C=O) groups excluding carboxylic acids is 1. The van der Waals surface area contributed by atoms with E-state index in [-0.39, 0.29) is 16.8 Å². The van der Waals surface area contributed by atoms with Crippen LogP contribution in [0, 0.1) is 0 Å². The van der Waals surface area contributed by atoms with E-state index in [9.17, 15) is 9.59 Å². The van der Waals surface area contributed by atoms with Crippen molar-refractivity contribution in [3.63, 3.8) is 0 Å². The quantitative estimate of drug-likeness (QED) is 0.808. The summed E-state index contributed by atoms with van der Waals surface area (Å²) in [4.78, 5) is 27.0. The number of ketones is 1. The van der Waals surface area contributed by atoms with Gasteiger partial charge in [-0.2, -0.15) is 0 Å². The van der Waals surface area contributed by atoms with Crippen LogP contribution in [0.15, 0.2) is 10.9 Å². The van der Waals surface area contributed by atoms with Crippen molar-refractivity contribution in [2.24, 2.45) is 0 Å². The molecule has 0 aromatic carbocycles. The van der Waals surface area contributed by atoms with Gasteiger partial charge in [0, 0.05) is 12.0 Å². The molecule has 0 saturated carbocycles. The van der Waals surface area contributed by atoms with E-state index in [1.807, 2.05) is 6.07 Å². The average Bonchev–Trinajstić information content (AvgIpc) is 2.59. The summed E-state index contributed by atoms with van der Waals surface area (Å²) in [6, 6.07) is 2.00. The predicted molar refractivity (Wildman–Crippen MR) is 73.9 cm³/mol. The highest BCUT2D eigenvalue weighted by Crippen LogP contribution is 2.38. The smallest absolute Gasteiger partial charge is 0.251 e. The minimum absolute atomic E-state index is 0.0639. The first-order chi connectivity index (χ1) is 8.99. The average molecular weight is 260 g/mol. The number of H-pyrrole nitrogens is 1. The molecule has 19 heavy (non-hydrogen) atoms. The number of aromatic nitrogens is 1. The van der Waals surface area contributed by atoms with E-state index in [4.69, 9.17) is 0 Å². The van der Waals surface area contributed by atoms with Crippen molar-refractivity contribution in [2.45, 2.75) is 44.4 Å². The number of pyridine rings is 1. The van der Waals surface area contributed by atoms with Crippen LogP contribution < -0.4 is 10.9 Å². The summed E-state index contributed by atoms with van der Waals surface area (Å²) in [5.41, 5.74) is 2.19. The van der Waals surface area contributed by atoms with Crippen molar-refractivity contribution in [1.29, 1.82) is 0 Å². The molecular formula is C15H20N2O2. The van der Waals surface area contributed by atoms with Crippen LogP contribution in [0.3, 0.4) is 0 Å². The molecular weight excluding hydrogens is 240 g/mol. The van der Waals surface area contributed by atoms with Gasteiger partial charge in [0.2, 0.25) is 0 Å². The summed E-state index contributed by atoms with van der Waals surface area (Å²) in [7, 11) is 0. The van der Waals surface area contributed by atoms with Gasteiger partial charge in [-0.25, -0.2) is 0 Å². The molecule has 4 heteroatoms. The number of fused-ring (bicyclic) bond motifs is 1. The van der Waals surface area contributed by atoms with Gasteiger partial charge in [0.05, 0.1) is 5.69 Å². The fraction of sp³-hybridized carbons (Fsp3) is 0.600. The normalized spacial score (nSPS) is 22.5. The molecule has 0 amide bonds. The zero-order valence-electron chi connectivity index (χ0n) is 11.5. The highest BCUT2D eigenvalue weighted by molar-refractivity contribution is 6.00. The zero-order valence-corrected chi connectivity index (χ0v) is 11.5. The Balaban J connectivity index is 2.08. The van der Waals surface area contributed by atoms with E-state index < -0.39 is 0 Å². The van der Waals surface area contributed by atoms with Crippen LogP contribution in [-0.4, -0.2) is 23.9 Å². The van der Waals surface area contributed by atoms with E-state index >= 15 is 0 Å². The van der Waals surface area contributed by atoms with Crippen LogP contribution in [0.5, 0.6) is 0 Å². The predicted octanol–water partition coefficient (Wildman–Crippen LogP) is 1.71. The first-order valence-electron chi connectivity index (χ1n) is 7.00. The molecule has 1 fully saturated rings. The lowest BCUT2D eigenvalue weighted by Gasteiger charge is -2.24. The SMILES string of the molecule is CC1(C)CC(=O)c2[nH]c(=O)c(C3CCNCC3)cc21.